The molecule has 0 fully saturated rings. The second-order valence-corrected chi connectivity index (χ2v) is 3.54. The first-order valence-electron chi connectivity index (χ1n) is 3.25. The van der Waals surface area contributed by atoms with E-state index in [0.717, 1.165) is 10.0 Å². The zero-order chi connectivity index (χ0) is 9.14. The number of nitrogens with two attached hydrogens (primary N) is 1. The lowest BCUT2D eigenvalue weighted by molar-refractivity contribution is 1.26. The van der Waals surface area contributed by atoms with Crippen LogP contribution in [-0.2, 0) is 6.42 Å². The van der Waals surface area contributed by atoms with E-state index in [4.69, 9.17) is 22.6 Å². The van der Waals surface area contributed by atoms with Crippen molar-refractivity contribution in [3.8, 4) is 6.07 Å². The second-order valence-electron chi connectivity index (χ2n) is 2.31. The summed E-state index contributed by atoms with van der Waals surface area (Å²) in [6.07, 6.45) is 0.280. The zero-order valence-electron chi connectivity index (χ0n) is 6.14. The van der Waals surface area contributed by atoms with Crippen molar-refractivity contribution >= 4 is 33.2 Å². The lowest BCUT2D eigenvalue weighted by atomic mass is 10.1. The summed E-state index contributed by atoms with van der Waals surface area (Å²) < 4.78 is 0.731. The predicted molar refractivity (Wildman–Crippen MR) is 52.9 cm³/mol. The van der Waals surface area contributed by atoms with E-state index in [1.54, 1.807) is 12.1 Å². The third-order valence-corrected chi connectivity index (χ3v) is 2.70. The van der Waals surface area contributed by atoms with Gasteiger partial charge < -0.3 is 5.73 Å². The molecule has 12 heavy (non-hydrogen) atoms. The molecule has 4 heteroatoms. The third-order valence-electron chi connectivity index (χ3n) is 1.40. The highest BCUT2D eigenvalue weighted by Crippen LogP contribution is 2.29. The Hall–Kier alpha value is -0.720. The van der Waals surface area contributed by atoms with Crippen LogP contribution in [0.1, 0.15) is 5.56 Å². The Morgan fingerprint density at radius 3 is 2.83 bits per heavy atom. The van der Waals surface area contributed by atoms with Gasteiger partial charge >= 0.3 is 0 Å². The summed E-state index contributed by atoms with van der Waals surface area (Å²) in [7, 11) is 0. The monoisotopic (exact) mass is 244 g/mol. The highest BCUT2D eigenvalue weighted by atomic mass is 79.9. The van der Waals surface area contributed by atoms with Crippen LogP contribution in [0, 0.1) is 11.3 Å². The molecular weight excluding hydrogens is 239 g/mol. The van der Waals surface area contributed by atoms with Crippen LogP contribution in [0.5, 0.6) is 0 Å². The van der Waals surface area contributed by atoms with E-state index in [2.05, 4.69) is 15.9 Å². The minimum Gasteiger partial charge on any atom is -0.399 e. The fraction of sp³-hybridized carbons (Fsp3) is 0.125. The van der Waals surface area contributed by atoms with Gasteiger partial charge in [-0.1, -0.05) is 11.6 Å². The molecule has 2 nitrogen and oxygen atoms in total. The van der Waals surface area contributed by atoms with Crippen molar-refractivity contribution in [1.82, 2.24) is 0 Å². The number of nitrogens with zero attached hydrogens (tertiary/aromatic N) is 1. The molecule has 0 heterocycles. The van der Waals surface area contributed by atoms with Gasteiger partial charge in [-0.3, -0.25) is 0 Å². The molecule has 0 aliphatic rings. The fourth-order valence-corrected chi connectivity index (χ4v) is 1.58. The summed E-state index contributed by atoms with van der Waals surface area (Å²) in [5, 5.41) is 9.02. The number of nitrogen functional groups attached to an aromatic ring is 1. The Kier molecular flexibility index (Phi) is 2.96. The minimum absolute atomic E-state index is 0.280. The molecule has 0 amide bonds. The van der Waals surface area contributed by atoms with Gasteiger partial charge in [-0.2, -0.15) is 5.26 Å². The smallest absolute Gasteiger partial charge is 0.0670 e. The number of rotatable bonds is 1. The summed E-state index contributed by atoms with van der Waals surface area (Å²) in [5.41, 5.74) is 6.92. The van der Waals surface area contributed by atoms with Crippen LogP contribution in [0.15, 0.2) is 16.6 Å². The molecule has 1 aromatic carbocycles. The van der Waals surface area contributed by atoms with Gasteiger partial charge in [0, 0.05) is 10.2 Å². The maximum absolute atomic E-state index is 8.46. The molecule has 0 atom stereocenters. The van der Waals surface area contributed by atoms with Crippen molar-refractivity contribution in [3.63, 3.8) is 0 Å². The van der Waals surface area contributed by atoms with Crippen LogP contribution in [0.25, 0.3) is 0 Å². The first-order valence-corrected chi connectivity index (χ1v) is 4.42. The average molecular weight is 246 g/mol. The highest BCUT2D eigenvalue weighted by molar-refractivity contribution is 9.10. The number of anilines is 1. The Morgan fingerprint density at radius 2 is 2.25 bits per heavy atom. The normalized spacial score (nSPS) is 9.42. The van der Waals surface area contributed by atoms with Gasteiger partial charge in [0.1, 0.15) is 0 Å². The van der Waals surface area contributed by atoms with E-state index in [1.807, 2.05) is 6.07 Å². The molecule has 0 spiro atoms. The van der Waals surface area contributed by atoms with Gasteiger partial charge in [-0.15, -0.1) is 0 Å². The molecule has 0 aromatic heterocycles. The first-order chi connectivity index (χ1) is 5.65. The molecule has 0 aliphatic heterocycles. The van der Waals surface area contributed by atoms with Gasteiger partial charge in [-0.25, -0.2) is 0 Å². The molecule has 0 saturated heterocycles. The van der Waals surface area contributed by atoms with E-state index < -0.39 is 0 Å². The van der Waals surface area contributed by atoms with Crippen molar-refractivity contribution in [2.45, 2.75) is 6.42 Å². The van der Waals surface area contributed by atoms with E-state index in [-0.39, 0.29) is 6.42 Å². The Morgan fingerprint density at radius 1 is 1.58 bits per heavy atom. The standard InChI is InChI=1S/C8H6BrClN2/c9-7-4-6(12)3-5(1-2-11)8(7)10/h3-4H,1,12H2. The van der Waals surface area contributed by atoms with Crippen LogP contribution in [-0.4, -0.2) is 0 Å². The molecule has 62 valence electrons. The number of nitriles is 1. The van der Waals surface area contributed by atoms with Crippen molar-refractivity contribution < 1.29 is 0 Å². The highest BCUT2D eigenvalue weighted by Gasteiger charge is 2.04. The molecule has 2 N–H and O–H groups in total. The average Bonchev–Trinajstić information content (AvgIpc) is 2.00. The van der Waals surface area contributed by atoms with E-state index in [9.17, 15) is 0 Å². The SMILES string of the molecule is N#CCc1cc(N)cc(Br)c1Cl. The van der Waals surface area contributed by atoms with Gasteiger partial charge in [0.2, 0.25) is 0 Å². The van der Waals surface area contributed by atoms with Crippen molar-refractivity contribution in [1.29, 1.82) is 5.26 Å². The summed E-state index contributed by atoms with van der Waals surface area (Å²) >= 11 is 9.14. The van der Waals surface area contributed by atoms with Crippen LogP contribution in [0.2, 0.25) is 5.02 Å². The van der Waals surface area contributed by atoms with E-state index in [0.29, 0.717) is 10.7 Å². The van der Waals surface area contributed by atoms with Gasteiger partial charge in [0.15, 0.2) is 0 Å². The first kappa shape index (κ1) is 9.37. The molecule has 1 rings (SSSR count). The molecule has 0 saturated carbocycles. The maximum Gasteiger partial charge on any atom is 0.0670 e. The van der Waals surface area contributed by atoms with Gasteiger partial charge in [-0.05, 0) is 33.6 Å². The largest absolute Gasteiger partial charge is 0.399 e. The van der Waals surface area contributed by atoms with Gasteiger partial charge in [0.05, 0.1) is 17.5 Å². The number of halogens is 2. The molecule has 0 bridgehead atoms. The van der Waals surface area contributed by atoms with Crippen LogP contribution in [0.3, 0.4) is 0 Å². The lowest BCUT2D eigenvalue weighted by Crippen LogP contribution is -1.90. The Balaban J connectivity index is 3.20. The summed E-state index contributed by atoms with van der Waals surface area (Å²) in [5.74, 6) is 0. The van der Waals surface area contributed by atoms with Crippen molar-refractivity contribution in [3.05, 3.63) is 27.2 Å². The van der Waals surface area contributed by atoms with E-state index in [1.165, 1.54) is 0 Å². The second kappa shape index (κ2) is 3.79. The summed E-state index contributed by atoms with van der Waals surface area (Å²) in [6, 6.07) is 5.43. The molecular formula is C8H6BrClN2. The fourth-order valence-electron chi connectivity index (χ4n) is 0.883. The summed E-state index contributed by atoms with van der Waals surface area (Å²) in [6.45, 7) is 0. The molecule has 1 aromatic rings. The van der Waals surface area contributed by atoms with Crippen LogP contribution >= 0.6 is 27.5 Å². The number of benzene rings is 1. The zero-order valence-corrected chi connectivity index (χ0v) is 8.48. The molecule has 0 radical (unpaired) electrons. The van der Waals surface area contributed by atoms with E-state index >= 15 is 0 Å². The Labute approximate surface area is 84.1 Å². The third kappa shape index (κ3) is 1.90. The van der Waals surface area contributed by atoms with Crippen molar-refractivity contribution in [2.24, 2.45) is 0 Å². The van der Waals surface area contributed by atoms with Crippen LogP contribution < -0.4 is 5.73 Å². The maximum atomic E-state index is 8.46. The molecule has 0 aliphatic carbocycles. The lowest BCUT2D eigenvalue weighted by Gasteiger charge is -2.03. The number of hydrogen-bond acceptors (Lipinski definition) is 2. The molecule has 0 unspecified atom stereocenters. The quantitative estimate of drug-likeness (QED) is 0.774. The topological polar surface area (TPSA) is 49.8 Å². The predicted octanol–water partition coefficient (Wildman–Crippen LogP) is 2.75. The van der Waals surface area contributed by atoms with Gasteiger partial charge in [0.25, 0.3) is 0 Å². The minimum atomic E-state index is 0.280. The van der Waals surface area contributed by atoms with Crippen LogP contribution in [0.4, 0.5) is 5.69 Å². The number of hydrogen-bond donors (Lipinski definition) is 1. The summed E-state index contributed by atoms with van der Waals surface area (Å²) in [4.78, 5) is 0. The van der Waals surface area contributed by atoms with Crippen molar-refractivity contribution in [2.75, 3.05) is 5.73 Å². The Bertz CT molecular complexity index is 344.